The predicted molar refractivity (Wildman–Crippen MR) is 145 cm³/mol. The molecule has 0 fully saturated rings. The molecule has 1 atom stereocenters. The number of para-hydroxylation sites is 1. The summed E-state index contributed by atoms with van der Waals surface area (Å²) < 4.78 is 12.8. The van der Waals surface area contributed by atoms with Crippen molar-refractivity contribution >= 4 is 29.0 Å². The third kappa shape index (κ3) is 4.83. The predicted octanol–water partition coefficient (Wildman–Crippen LogP) is 3.89. The normalized spacial score (nSPS) is 15.1. The Hall–Kier alpha value is -4.43. The molecule has 1 amide bonds. The molecule has 8 heteroatoms. The first-order chi connectivity index (χ1) is 18.0. The van der Waals surface area contributed by atoms with Gasteiger partial charge in [0, 0.05) is 5.69 Å². The van der Waals surface area contributed by atoms with Crippen molar-refractivity contribution in [2.75, 3.05) is 19.5 Å². The van der Waals surface area contributed by atoms with E-state index in [2.05, 4.69) is 10.3 Å². The molecule has 0 radical (unpaired) electrons. The second kappa shape index (κ2) is 10.3. The molecule has 0 spiro atoms. The minimum atomic E-state index is -0.654. The quantitative estimate of drug-likeness (QED) is 0.426. The summed E-state index contributed by atoms with van der Waals surface area (Å²) in [6.07, 6.45) is 1.82. The summed E-state index contributed by atoms with van der Waals surface area (Å²) in [5, 5.41) is 2.96. The first-order valence-corrected chi connectivity index (χ1v) is 12.5. The maximum absolute atomic E-state index is 13.8. The second-order valence-electron chi connectivity index (χ2n) is 8.45. The summed E-state index contributed by atoms with van der Waals surface area (Å²) in [5.74, 6) is 1.08. The van der Waals surface area contributed by atoms with Crippen LogP contribution in [0.3, 0.4) is 0 Å². The highest BCUT2D eigenvalue weighted by molar-refractivity contribution is 7.07. The molecule has 186 valence electrons. The van der Waals surface area contributed by atoms with E-state index in [0.29, 0.717) is 37.8 Å². The van der Waals surface area contributed by atoms with Crippen molar-refractivity contribution < 1.29 is 14.3 Å². The van der Waals surface area contributed by atoms with E-state index < -0.39 is 6.04 Å². The first-order valence-electron chi connectivity index (χ1n) is 11.7. The van der Waals surface area contributed by atoms with E-state index in [9.17, 15) is 9.59 Å². The van der Waals surface area contributed by atoms with Crippen LogP contribution in [-0.4, -0.2) is 24.7 Å². The van der Waals surface area contributed by atoms with Crippen LogP contribution in [0.25, 0.3) is 6.08 Å². The SMILES string of the molecule is COc1ccc([C@@H]2C(C(=O)Nc3ccccc3)=C(C)N=c3s/c(=C/c4cccc(OC)c4)c(=O)n32)cc1. The lowest BCUT2D eigenvalue weighted by molar-refractivity contribution is -0.113. The fraction of sp³-hybridized carbons (Fsp3) is 0.138. The van der Waals surface area contributed by atoms with E-state index in [0.717, 1.165) is 11.1 Å². The fourth-order valence-corrected chi connectivity index (χ4v) is 5.36. The van der Waals surface area contributed by atoms with E-state index >= 15 is 0 Å². The molecular formula is C29H25N3O4S. The van der Waals surface area contributed by atoms with Crippen LogP contribution >= 0.6 is 11.3 Å². The molecule has 1 aliphatic rings. The van der Waals surface area contributed by atoms with E-state index in [4.69, 9.17) is 9.47 Å². The number of nitrogens with zero attached hydrogens (tertiary/aromatic N) is 2. The van der Waals surface area contributed by atoms with E-state index in [-0.39, 0.29) is 11.5 Å². The van der Waals surface area contributed by atoms with E-state index in [1.165, 1.54) is 11.3 Å². The topological polar surface area (TPSA) is 81.9 Å². The van der Waals surface area contributed by atoms with Gasteiger partial charge in [0.2, 0.25) is 0 Å². The molecule has 3 aromatic carbocycles. The molecule has 2 heterocycles. The number of thiazole rings is 1. The van der Waals surface area contributed by atoms with Crippen LogP contribution in [0.1, 0.15) is 24.1 Å². The van der Waals surface area contributed by atoms with Gasteiger partial charge in [0.25, 0.3) is 11.5 Å². The highest BCUT2D eigenvalue weighted by atomic mass is 32.1. The van der Waals surface area contributed by atoms with Crippen molar-refractivity contribution in [3.05, 3.63) is 121 Å². The lowest BCUT2D eigenvalue weighted by Crippen LogP contribution is -2.40. The number of rotatable bonds is 6. The van der Waals surface area contributed by atoms with Crippen LogP contribution in [0.15, 0.2) is 99.9 Å². The van der Waals surface area contributed by atoms with Gasteiger partial charge in [-0.05, 0) is 60.5 Å². The molecule has 1 N–H and O–H groups in total. The summed E-state index contributed by atoms with van der Waals surface area (Å²) in [6.45, 7) is 1.80. The van der Waals surface area contributed by atoms with Crippen molar-refractivity contribution in [3.63, 3.8) is 0 Å². The van der Waals surface area contributed by atoms with Gasteiger partial charge in [-0.2, -0.15) is 0 Å². The molecular weight excluding hydrogens is 486 g/mol. The van der Waals surface area contributed by atoms with Gasteiger partial charge in [-0.25, -0.2) is 4.99 Å². The second-order valence-corrected chi connectivity index (χ2v) is 9.46. The number of methoxy groups -OCH3 is 2. The Morgan fingerprint density at radius 2 is 1.70 bits per heavy atom. The largest absolute Gasteiger partial charge is 0.497 e. The van der Waals surface area contributed by atoms with Crippen LogP contribution in [0, 0.1) is 0 Å². The smallest absolute Gasteiger partial charge is 0.271 e. The van der Waals surface area contributed by atoms with Crippen molar-refractivity contribution in [1.82, 2.24) is 4.57 Å². The zero-order chi connectivity index (χ0) is 25.9. The minimum absolute atomic E-state index is 0.218. The number of carbonyl (C=O) groups excluding carboxylic acids is 1. The van der Waals surface area contributed by atoms with Crippen molar-refractivity contribution in [2.24, 2.45) is 4.99 Å². The maximum atomic E-state index is 13.8. The Kier molecular flexibility index (Phi) is 6.74. The number of fused-ring (bicyclic) bond motifs is 1. The highest BCUT2D eigenvalue weighted by Crippen LogP contribution is 2.31. The molecule has 1 aliphatic heterocycles. The number of hydrogen-bond donors (Lipinski definition) is 1. The Bertz CT molecular complexity index is 1670. The number of allylic oxidation sites excluding steroid dienone is 1. The zero-order valence-electron chi connectivity index (χ0n) is 20.6. The van der Waals surface area contributed by atoms with Gasteiger partial charge in [0.1, 0.15) is 11.5 Å². The molecule has 0 aliphatic carbocycles. The summed E-state index contributed by atoms with van der Waals surface area (Å²) >= 11 is 1.29. The maximum Gasteiger partial charge on any atom is 0.271 e. The first kappa shape index (κ1) is 24.3. The van der Waals surface area contributed by atoms with Gasteiger partial charge >= 0.3 is 0 Å². The lowest BCUT2D eigenvalue weighted by Gasteiger charge is -2.25. The number of benzene rings is 3. The van der Waals surface area contributed by atoms with E-state index in [1.54, 1.807) is 25.7 Å². The average Bonchev–Trinajstić information content (AvgIpc) is 3.22. The number of aromatic nitrogens is 1. The lowest BCUT2D eigenvalue weighted by atomic mass is 9.95. The molecule has 0 saturated heterocycles. The van der Waals surface area contributed by atoms with Gasteiger partial charge in [0.15, 0.2) is 4.80 Å². The standard InChI is InChI=1S/C29H25N3O4S/c1-18-25(27(33)31-21-9-5-4-6-10-21)26(20-12-14-22(35-2)15-13-20)32-28(34)24(37-29(32)30-18)17-19-8-7-11-23(16-19)36-3/h4-17,26H,1-3H3,(H,31,33)/b24-17+/t26-/m1/s1. The molecule has 37 heavy (non-hydrogen) atoms. The Labute approximate surface area is 217 Å². The van der Waals surface area contributed by atoms with Gasteiger partial charge in [-0.15, -0.1) is 0 Å². The van der Waals surface area contributed by atoms with Gasteiger partial charge < -0.3 is 14.8 Å². The fourth-order valence-electron chi connectivity index (χ4n) is 4.32. The number of amides is 1. The third-order valence-corrected chi connectivity index (χ3v) is 7.10. The Balaban J connectivity index is 1.67. The zero-order valence-corrected chi connectivity index (χ0v) is 21.4. The Morgan fingerprint density at radius 3 is 2.41 bits per heavy atom. The summed E-state index contributed by atoms with van der Waals surface area (Å²) in [6, 6.07) is 23.5. The van der Waals surface area contributed by atoms with Gasteiger partial charge in [-0.1, -0.05) is 53.8 Å². The van der Waals surface area contributed by atoms with Crippen LogP contribution in [0.5, 0.6) is 11.5 Å². The van der Waals surface area contributed by atoms with Crippen LogP contribution in [0.4, 0.5) is 5.69 Å². The van der Waals surface area contributed by atoms with Gasteiger partial charge in [0.05, 0.1) is 36.1 Å². The van der Waals surface area contributed by atoms with Crippen molar-refractivity contribution in [1.29, 1.82) is 0 Å². The Morgan fingerprint density at radius 1 is 0.973 bits per heavy atom. The number of anilines is 1. The molecule has 5 rings (SSSR count). The van der Waals surface area contributed by atoms with Crippen molar-refractivity contribution in [3.8, 4) is 11.5 Å². The molecule has 4 aromatic rings. The number of ether oxygens (including phenoxy) is 2. The van der Waals surface area contributed by atoms with Crippen molar-refractivity contribution in [2.45, 2.75) is 13.0 Å². The highest BCUT2D eigenvalue weighted by Gasteiger charge is 2.32. The third-order valence-electron chi connectivity index (χ3n) is 6.12. The van der Waals surface area contributed by atoms with Crippen LogP contribution in [0.2, 0.25) is 0 Å². The number of nitrogens with one attached hydrogen (secondary N) is 1. The molecule has 7 nitrogen and oxygen atoms in total. The number of hydrogen-bond acceptors (Lipinski definition) is 6. The minimum Gasteiger partial charge on any atom is -0.497 e. The molecule has 0 bridgehead atoms. The van der Waals surface area contributed by atoms with Crippen LogP contribution in [-0.2, 0) is 4.79 Å². The summed E-state index contributed by atoms with van der Waals surface area (Å²) in [4.78, 5) is 32.6. The molecule has 0 saturated carbocycles. The monoisotopic (exact) mass is 511 g/mol. The summed E-state index contributed by atoms with van der Waals surface area (Å²) in [5.41, 5.74) is 3.03. The number of carbonyl (C=O) groups is 1. The summed E-state index contributed by atoms with van der Waals surface area (Å²) in [7, 11) is 3.20. The van der Waals surface area contributed by atoms with Gasteiger partial charge in [-0.3, -0.25) is 14.2 Å². The molecule has 0 unspecified atom stereocenters. The van der Waals surface area contributed by atoms with E-state index in [1.807, 2.05) is 84.9 Å². The average molecular weight is 512 g/mol. The molecule has 1 aromatic heterocycles. The van der Waals surface area contributed by atoms with Crippen LogP contribution < -0.4 is 29.7 Å².